The van der Waals surface area contributed by atoms with Gasteiger partial charge in [-0.05, 0) is 51.4 Å². The average molecular weight is 249 g/mol. The molecule has 3 aliphatic carbocycles. The standard InChI is InChI=1S/C15H23NO2/c1-9(10-5-6-10)16-15(18)13-7-11-3-2-4-12(8-13)14(11)17/h9-13H,2-8H2,1H3,(H,16,18)/t9-,11-,12+,13?/m1/s1. The van der Waals surface area contributed by atoms with Crippen molar-refractivity contribution in [3.8, 4) is 0 Å². The first-order chi connectivity index (χ1) is 8.65. The molecule has 2 bridgehead atoms. The normalized spacial score (nSPS) is 37.2. The number of Topliss-reactive ketones (excluding diaryl/α,β-unsaturated/α-hetero) is 1. The van der Waals surface area contributed by atoms with Crippen LogP contribution < -0.4 is 5.32 Å². The Morgan fingerprint density at radius 2 is 1.78 bits per heavy atom. The minimum atomic E-state index is 0.0965. The van der Waals surface area contributed by atoms with Gasteiger partial charge in [0.15, 0.2) is 0 Å². The number of hydrogen-bond acceptors (Lipinski definition) is 2. The van der Waals surface area contributed by atoms with Crippen LogP contribution >= 0.6 is 0 Å². The third kappa shape index (κ3) is 2.32. The van der Waals surface area contributed by atoms with E-state index in [-0.39, 0.29) is 23.7 Å². The van der Waals surface area contributed by atoms with Gasteiger partial charge in [-0.15, -0.1) is 0 Å². The van der Waals surface area contributed by atoms with Crippen LogP contribution in [0.1, 0.15) is 51.9 Å². The molecule has 3 heteroatoms. The third-order valence-corrected chi connectivity index (χ3v) is 5.12. The fourth-order valence-electron chi connectivity index (χ4n) is 3.75. The third-order valence-electron chi connectivity index (χ3n) is 5.12. The predicted molar refractivity (Wildman–Crippen MR) is 68.9 cm³/mol. The zero-order chi connectivity index (χ0) is 12.7. The lowest BCUT2D eigenvalue weighted by Gasteiger charge is -2.37. The molecule has 0 aromatic rings. The summed E-state index contributed by atoms with van der Waals surface area (Å²) in [5.41, 5.74) is 0. The van der Waals surface area contributed by atoms with Crippen molar-refractivity contribution in [2.24, 2.45) is 23.7 Å². The first kappa shape index (κ1) is 12.2. The largest absolute Gasteiger partial charge is 0.353 e. The van der Waals surface area contributed by atoms with Gasteiger partial charge in [0.1, 0.15) is 5.78 Å². The molecule has 0 aliphatic heterocycles. The molecule has 0 heterocycles. The second kappa shape index (κ2) is 4.67. The number of hydrogen-bond donors (Lipinski definition) is 1. The van der Waals surface area contributed by atoms with Crippen LogP contribution in [0.25, 0.3) is 0 Å². The number of nitrogens with one attached hydrogen (secondary N) is 1. The second-order valence-electron chi connectivity index (χ2n) is 6.53. The fourth-order valence-corrected chi connectivity index (χ4v) is 3.75. The number of fused-ring (bicyclic) bond motifs is 2. The molecule has 1 N–H and O–H groups in total. The summed E-state index contributed by atoms with van der Waals surface area (Å²) in [6, 6.07) is 0.329. The van der Waals surface area contributed by atoms with Gasteiger partial charge in [-0.25, -0.2) is 0 Å². The summed E-state index contributed by atoms with van der Waals surface area (Å²) >= 11 is 0. The Hall–Kier alpha value is -0.860. The van der Waals surface area contributed by atoms with Crippen molar-refractivity contribution in [1.29, 1.82) is 0 Å². The van der Waals surface area contributed by atoms with Gasteiger partial charge in [-0.3, -0.25) is 9.59 Å². The zero-order valence-electron chi connectivity index (χ0n) is 11.2. The Kier molecular flexibility index (Phi) is 3.16. The van der Waals surface area contributed by atoms with Crippen LogP contribution in [0, 0.1) is 23.7 Å². The highest BCUT2D eigenvalue weighted by atomic mass is 16.2. The maximum absolute atomic E-state index is 12.3. The van der Waals surface area contributed by atoms with E-state index in [1.807, 2.05) is 0 Å². The quantitative estimate of drug-likeness (QED) is 0.834. The van der Waals surface area contributed by atoms with E-state index in [1.54, 1.807) is 0 Å². The minimum Gasteiger partial charge on any atom is -0.353 e. The summed E-state index contributed by atoms with van der Waals surface area (Å²) in [6.07, 6.45) is 7.32. The van der Waals surface area contributed by atoms with Crippen LogP contribution in [0.5, 0.6) is 0 Å². The summed E-state index contributed by atoms with van der Waals surface area (Å²) in [7, 11) is 0. The summed E-state index contributed by atoms with van der Waals surface area (Å²) in [4.78, 5) is 24.2. The van der Waals surface area contributed by atoms with E-state index in [4.69, 9.17) is 0 Å². The van der Waals surface area contributed by atoms with Gasteiger partial charge in [0.2, 0.25) is 5.91 Å². The molecule has 1 amide bonds. The molecule has 3 nitrogen and oxygen atoms in total. The molecule has 4 atom stereocenters. The van der Waals surface area contributed by atoms with Gasteiger partial charge in [0, 0.05) is 23.8 Å². The van der Waals surface area contributed by atoms with E-state index in [0.717, 1.165) is 25.7 Å². The van der Waals surface area contributed by atoms with E-state index in [9.17, 15) is 9.59 Å². The first-order valence-corrected chi connectivity index (χ1v) is 7.49. The van der Waals surface area contributed by atoms with Crippen LogP contribution in [0.3, 0.4) is 0 Å². The van der Waals surface area contributed by atoms with Crippen molar-refractivity contribution in [1.82, 2.24) is 5.32 Å². The highest BCUT2D eigenvalue weighted by Crippen LogP contribution is 2.40. The second-order valence-corrected chi connectivity index (χ2v) is 6.53. The number of rotatable bonds is 3. The van der Waals surface area contributed by atoms with Crippen LogP contribution in [0.4, 0.5) is 0 Å². The van der Waals surface area contributed by atoms with Gasteiger partial charge in [0.05, 0.1) is 0 Å². The topological polar surface area (TPSA) is 46.2 Å². The molecule has 0 spiro atoms. The number of amides is 1. The Morgan fingerprint density at radius 3 is 2.33 bits per heavy atom. The molecule has 0 saturated heterocycles. The molecule has 3 rings (SSSR count). The van der Waals surface area contributed by atoms with Crippen molar-refractivity contribution in [2.45, 2.75) is 57.9 Å². The number of ketones is 1. The van der Waals surface area contributed by atoms with Crippen LogP contribution in [0.2, 0.25) is 0 Å². The molecule has 0 aromatic heterocycles. The van der Waals surface area contributed by atoms with Gasteiger partial charge in [-0.2, -0.15) is 0 Å². The molecule has 100 valence electrons. The van der Waals surface area contributed by atoms with Crippen molar-refractivity contribution < 1.29 is 9.59 Å². The molecular weight excluding hydrogens is 226 g/mol. The highest BCUT2D eigenvalue weighted by molar-refractivity contribution is 5.88. The van der Waals surface area contributed by atoms with Gasteiger partial charge < -0.3 is 5.32 Å². The Bertz CT molecular complexity index is 346. The highest BCUT2D eigenvalue weighted by Gasteiger charge is 2.41. The van der Waals surface area contributed by atoms with E-state index in [0.29, 0.717) is 17.7 Å². The SMILES string of the molecule is C[C@@H](NC(=O)C1C[C@H]2CCC[C@@H](C1)C2=O)C1CC1. The smallest absolute Gasteiger partial charge is 0.223 e. The lowest BCUT2D eigenvalue weighted by molar-refractivity contribution is -0.137. The molecule has 0 aromatic carbocycles. The minimum absolute atomic E-state index is 0.0965. The van der Waals surface area contributed by atoms with Gasteiger partial charge in [-0.1, -0.05) is 6.42 Å². The Balaban J connectivity index is 1.59. The maximum Gasteiger partial charge on any atom is 0.223 e. The zero-order valence-corrected chi connectivity index (χ0v) is 11.2. The summed E-state index contributed by atoms with van der Waals surface area (Å²) in [6.45, 7) is 2.12. The van der Waals surface area contributed by atoms with E-state index >= 15 is 0 Å². The molecular formula is C15H23NO2. The molecule has 18 heavy (non-hydrogen) atoms. The number of carbonyl (C=O) groups excluding carboxylic acids is 2. The summed E-state index contributed by atoms with van der Waals surface area (Å²) in [5, 5.41) is 3.17. The Morgan fingerprint density at radius 1 is 1.17 bits per heavy atom. The number of carbonyl (C=O) groups is 2. The van der Waals surface area contributed by atoms with Crippen molar-refractivity contribution in [3.05, 3.63) is 0 Å². The lowest BCUT2D eigenvalue weighted by atomic mass is 9.67. The molecule has 1 unspecified atom stereocenters. The fraction of sp³-hybridized carbons (Fsp3) is 0.867. The van der Waals surface area contributed by atoms with Crippen molar-refractivity contribution in [3.63, 3.8) is 0 Å². The van der Waals surface area contributed by atoms with Crippen LogP contribution in [0.15, 0.2) is 0 Å². The van der Waals surface area contributed by atoms with Crippen LogP contribution in [-0.2, 0) is 9.59 Å². The molecule has 3 saturated carbocycles. The average Bonchev–Trinajstić information content (AvgIpc) is 3.11. The molecule has 3 aliphatic rings. The van der Waals surface area contributed by atoms with Crippen LogP contribution in [-0.4, -0.2) is 17.7 Å². The van der Waals surface area contributed by atoms with E-state index in [1.165, 1.54) is 19.3 Å². The predicted octanol–water partition coefficient (Wildman–Crippen LogP) is 2.30. The van der Waals surface area contributed by atoms with Crippen molar-refractivity contribution in [2.75, 3.05) is 0 Å². The van der Waals surface area contributed by atoms with E-state index < -0.39 is 0 Å². The summed E-state index contributed by atoms with van der Waals surface area (Å²) in [5.74, 6) is 1.83. The maximum atomic E-state index is 12.3. The van der Waals surface area contributed by atoms with Gasteiger partial charge >= 0.3 is 0 Å². The summed E-state index contributed by atoms with van der Waals surface area (Å²) < 4.78 is 0. The molecule has 3 fully saturated rings. The Labute approximate surface area is 109 Å². The first-order valence-electron chi connectivity index (χ1n) is 7.49. The van der Waals surface area contributed by atoms with Gasteiger partial charge in [0.25, 0.3) is 0 Å². The molecule has 0 radical (unpaired) electrons. The lowest BCUT2D eigenvalue weighted by Crippen LogP contribution is -2.45. The monoisotopic (exact) mass is 249 g/mol. The van der Waals surface area contributed by atoms with Crippen molar-refractivity contribution >= 4 is 11.7 Å². The van der Waals surface area contributed by atoms with E-state index in [2.05, 4.69) is 12.2 Å².